The summed E-state index contributed by atoms with van der Waals surface area (Å²) >= 11 is 0. The first-order valence-electron chi connectivity index (χ1n) is 7.64. The Morgan fingerprint density at radius 1 is 1.08 bits per heavy atom. The second-order valence-corrected chi connectivity index (χ2v) is 5.80. The lowest BCUT2D eigenvalue weighted by Crippen LogP contribution is -2.39. The summed E-state index contributed by atoms with van der Waals surface area (Å²) in [5.41, 5.74) is 9.00. The van der Waals surface area contributed by atoms with Gasteiger partial charge in [0, 0.05) is 32.5 Å². The summed E-state index contributed by atoms with van der Waals surface area (Å²) in [6.45, 7) is 2.53. The van der Waals surface area contributed by atoms with Gasteiger partial charge < -0.3 is 15.5 Å². The van der Waals surface area contributed by atoms with Crippen molar-refractivity contribution in [3.05, 3.63) is 59.4 Å². The molecule has 0 aliphatic rings. The molecule has 126 valence electrons. The Balaban J connectivity index is 2.30. The maximum absolute atomic E-state index is 12.2. The zero-order chi connectivity index (χ0) is 17.7. The van der Waals surface area contributed by atoms with E-state index in [2.05, 4.69) is 4.98 Å². The SMILES string of the molecule is Cc1c(CN(Cc2ccccn2)C(=O)C(N)=O)cccc1N(C)C. The van der Waals surface area contributed by atoms with E-state index in [4.69, 9.17) is 5.73 Å². The number of nitrogens with two attached hydrogens (primary N) is 1. The van der Waals surface area contributed by atoms with Crippen molar-refractivity contribution in [3.8, 4) is 0 Å². The second kappa shape index (κ2) is 7.59. The quantitative estimate of drug-likeness (QED) is 0.844. The van der Waals surface area contributed by atoms with Crippen LogP contribution in [0.1, 0.15) is 16.8 Å². The van der Waals surface area contributed by atoms with Crippen LogP contribution in [0.4, 0.5) is 5.69 Å². The van der Waals surface area contributed by atoms with Crippen molar-refractivity contribution in [1.29, 1.82) is 0 Å². The number of amides is 2. The fraction of sp³-hybridized carbons (Fsp3) is 0.278. The normalized spacial score (nSPS) is 10.3. The summed E-state index contributed by atoms with van der Waals surface area (Å²) in [6, 6.07) is 11.3. The van der Waals surface area contributed by atoms with Crippen LogP contribution in [0.15, 0.2) is 42.6 Å². The van der Waals surface area contributed by atoms with E-state index in [0.717, 1.165) is 16.8 Å². The van der Waals surface area contributed by atoms with Gasteiger partial charge >= 0.3 is 11.8 Å². The third-order valence-corrected chi connectivity index (χ3v) is 3.84. The average Bonchev–Trinajstić information content (AvgIpc) is 2.55. The van der Waals surface area contributed by atoms with Gasteiger partial charge in [-0.05, 0) is 36.2 Å². The molecule has 6 nitrogen and oxygen atoms in total. The molecule has 2 rings (SSSR count). The topological polar surface area (TPSA) is 79.5 Å². The van der Waals surface area contributed by atoms with Gasteiger partial charge in [0.2, 0.25) is 0 Å². The van der Waals surface area contributed by atoms with Crippen molar-refractivity contribution in [3.63, 3.8) is 0 Å². The molecule has 1 heterocycles. The molecule has 0 fully saturated rings. The number of carbonyl (C=O) groups is 2. The van der Waals surface area contributed by atoms with Crippen LogP contribution in [0.25, 0.3) is 0 Å². The van der Waals surface area contributed by atoms with E-state index in [1.54, 1.807) is 12.3 Å². The Kier molecular flexibility index (Phi) is 5.52. The largest absolute Gasteiger partial charge is 0.377 e. The van der Waals surface area contributed by atoms with E-state index in [1.807, 2.05) is 56.3 Å². The maximum Gasteiger partial charge on any atom is 0.312 e. The maximum atomic E-state index is 12.2. The molecule has 2 amide bonds. The number of nitrogens with zero attached hydrogens (tertiary/aromatic N) is 3. The molecule has 0 saturated carbocycles. The minimum atomic E-state index is -0.965. The average molecular weight is 326 g/mol. The molecule has 0 spiro atoms. The molecule has 0 atom stereocenters. The summed E-state index contributed by atoms with van der Waals surface area (Å²) < 4.78 is 0. The number of rotatable bonds is 5. The van der Waals surface area contributed by atoms with Gasteiger partial charge in [-0.25, -0.2) is 0 Å². The monoisotopic (exact) mass is 326 g/mol. The number of hydrogen-bond acceptors (Lipinski definition) is 4. The van der Waals surface area contributed by atoms with Crippen molar-refractivity contribution in [1.82, 2.24) is 9.88 Å². The first kappa shape index (κ1) is 17.5. The molecule has 0 aliphatic heterocycles. The molecule has 0 radical (unpaired) electrons. The molecule has 0 unspecified atom stereocenters. The summed E-state index contributed by atoms with van der Waals surface area (Å²) in [7, 11) is 3.93. The zero-order valence-corrected chi connectivity index (χ0v) is 14.2. The number of primary amides is 1. The van der Waals surface area contributed by atoms with Crippen molar-refractivity contribution < 1.29 is 9.59 Å². The van der Waals surface area contributed by atoms with Gasteiger partial charge in [-0.2, -0.15) is 0 Å². The fourth-order valence-electron chi connectivity index (χ4n) is 2.57. The fourth-order valence-corrected chi connectivity index (χ4v) is 2.57. The molecule has 0 saturated heterocycles. The first-order valence-corrected chi connectivity index (χ1v) is 7.64. The second-order valence-electron chi connectivity index (χ2n) is 5.80. The van der Waals surface area contributed by atoms with Gasteiger partial charge in [-0.15, -0.1) is 0 Å². The lowest BCUT2D eigenvalue weighted by atomic mass is 10.1. The number of carbonyl (C=O) groups excluding carboxylic acids is 2. The molecule has 2 N–H and O–H groups in total. The van der Waals surface area contributed by atoms with E-state index in [0.29, 0.717) is 12.2 Å². The lowest BCUT2D eigenvalue weighted by Gasteiger charge is -2.24. The number of hydrogen-bond donors (Lipinski definition) is 1. The lowest BCUT2D eigenvalue weighted by molar-refractivity contribution is -0.145. The molecule has 0 bridgehead atoms. The van der Waals surface area contributed by atoms with Crippen LogP contribution < -0.4 is 10.6 Å². The molecule has 24 heavy (non-hydrogen) atoms. The molecule has 2 aromatic rings. The third kappa shape index (κ3) is 4.10. The van der Waals surface area contributed by atoms with Crippen molar-refractivity contribution in [2.24, 2.45) is 5.73 Å². The Hall–Kier alpha value is -2.89. The predicted octanol–water partition coefficient (Wildman–Crippen LogP) is 1.47. The van der Waals surface area contributed by atoms with Gasteiger partial charge in [0.05, 0.1) is 12.2 Å². The number of benzene rings is 1. The van der Waals surface area contributed by atoms with E-state index in [-0.39, 0.29) is 6.54 Å². The Morgan fingerprint density at radius 2 is 1.83 bits per heavy atom. The van der Waals surface area contributed by atoms with E-state index >= 15 is 0 Å². The highest BCUT2D eigenvalue weighted by Crippen LogP contribution is 2.23. The molecular formula is C18H22N4O2. The van der Waals surface area contributed by atoms with Crippen LogP contribution in [0.3, 0.4) is 0 Å². The standard InChI is InChI=1S/C18H22N4O2/c1-13-14(7-6-9-16(13)21(2)3)11-22(18(24)17(19)23)12-15-8-4-5-10-20-15/h4-10H,11-12H2,1-3H3,(H2,19,23). The van der Waals surface area contributed by atoms with Gasteiger partial charge in [-0.3, -0.25) is 14.6 Å². The van der Waals surface area contributed by atoms with E-state index in [9.17, 15) is 9.59 Å². The van der Waals surface area contributed by atoms with Crippen molar-refractivity contribution in [2.45, 2.75) is 20.0 Å². The molecule has 1 aromatic heterocycles. The zero-order valence-electron chi connectivity index (χ0n) is 14.2. The van der Waals surface area contributed by atoms with Crippen LogP contribution in [0.2, 0.25) is 0 Å². The number of pyridine rings is 1. The van der Waals surface area contributed by atoms with Crippen molar-refractivity contribution in [2.75, 3.05) is 19.0 Å². The highest BCUT2D eigenvalue weighted by atomic mass is 16.2. The number of aromatic nitrogens is 1. The van der Waals surface area contributed by atoms with Gasteiger partial charge in [0.15, 0.2) is 0 Å². The predicted molar refractivity (Wildman–Crippen MR) is 93.2 cm³/mol. The Bertz CT molecular complexity index is 729. The van der Waals surface area contributed by atoms with Crippen LogP contribution in [-0.2, 0) is 22.7 Å². The van der Waals surface area contributed by atoms with Crippen LogP contribution >= 0.6 is 0 Å². The Morgan fingerprint density at radius 3 is 2.42 bits per heavy atom. The molecular weight excluding hydrogens is 304 g/mol. The summed E-state index contributed by atoms with van der Waals surface area (Å²) in [5, 5.41) is 0. The smallest absolute Gasteiger partial charge is 0.312 e. The minimum absolute atomic E-state index is 0.230. The Labute approximate surface area is 141 Å². The van der Waals surface area contributed by atoms with E-state index in [1.165, 1.54) is 4.90 Å². The molecule has 6 heteroatoms. The molecule has 0 aliphatic carbocycles. The van der Waals surface area contributed by atoms with Crippen LogP contribution in [0.5, 0.6) is 0 Å². The number of anilines is 1. The van der Waals surface area contributed by atoms with E-state index < -0.39 is 11.8 Å². The van der Waals surface area contributed by atoms with Gasteiger partial charge in [0.25, 0.3) is 0 Å². The summed E-state index contributed by atoms with van der Waals surface area (Å²) in [4.78, 5) is 31.2. The minimum Gasteiger partial charge on any atom is -0.377 e. The first-order chi connectivity index (χ1) is 11.4. The highest BCUT2D eigenvalue weighted by molar-refractivity contribution is 6.34. The van der Waals surface area contributed by atoms with Crippen LogP contribution in [-0.4, -0.2) is 35.8 Å². The van der Waals surface area contributed by atoms with Gasteiger partial charge in [0.1, 0.15) is 0 Å². The van der Waals surface area contributed by atoms with Crippen LogP contribution in [0, 0.1) is 6.92 Å². The van der Waals surface area contributed by atoms with Crippen molar-refractivity contribution >= 4 is 17.5 Å². The molecule has 1 aromatic carbocycles. The van der Waals surface area contributed by atoms with Gasteiger partial charge in [-0.1, -0.05) is 18.2 Å². The third-order valence-electron chi connectivity index (χ3n) is 3.84. The summed E-state index contributed by atoms with van der Waals surface area (Å²) in [5.74, 6) is -1.68. The highest BCUT2D eigenvalue weighted by Gasteiger charge is 2.21. The summed E-state index contributed by atoms with van der Waals surface area (Å²) in [6.07, 6.45) is 1.65.